The Hall–Kier alpha value is -2.83. The van der Waals surface area contributed by atoms with Crippen molar-refractivity contribution < 1.29 is 19.4 Å². The number of nitrogens with zero attached hydrogens (tertiary/aromatic N) is 2. The number of rotatable bonds is 2. The molecule has 0 aliphatic carbocycles. The van der Waals surface area contributed by atoms with Crippen molar-refractivity contribution in [3.05, 3.63) is 57.8 Å². The second-order valence-corrected chi connectivity index (χ2v) is 5.60. The lowest BCUT2D eigenvalue weighted by molar-refractivity contribution is 0.0648. The minimum Gasteiger partial charge on any atom is -0.504 e. The predicted octanol–water partition coefficient (Wildman–Crippen LogP) is 1.62. The van der Waals surface area contributed by atoms with Crippen LogP contribution in [-0.4, -0.2) is 32.1 Å². The molecule has 0 spiro atoms. The highest BCUT2D eigenvalue weighted by molar-refractivity contribution is 5.96. The lowest BCUT2D eigenvalue weighted by atomic mass is 10.1. The molecule has 2 aromatic rings. The van der Waals surface area contributed by atoms with Crippen LogP contribution in [0.2, 0.25) is 0 Å². The van der Waals surface area contributed by atoms with E-state index in [9.17, 15) is 24.2 Å². The molecule has 6 nitrogen and oxygen atoms in total. The Morgan fingerprint density at radius 3 is 2.52 bits per heavy atom. The van der Waals surface area contributed by atoms with Crippen LogP contribution in [0.25, 0.3) is 0 Å². The van der Waals surface area contributed by atoms with E-state index in [-0.39, 0.29) is 30.6 Å². The number of aromatic nitrogens is 1. The quantitative estimate of drug-likeness (QED) is 0.881. The van der Waals surface area contributed by atoms with Gasteiger partial charge in [-0.2, -0.15) is 0 Å². The van der Waals surface area contributed by atoms with Crippen LogP contribution >= 0.6 is 0 Å². The van der Waals surface area contributed by atoms with Gasteiger partial charge in [0.2, 0.25) is 0 Å². The summed E-state index contributed by atoms with van der Waals surface area (Å²) >= 11 is 0. The molecule has 1 aromatic heterocycles. The van der Waals surface area contributed by atoms with Crippen molar-refractivity contribution in [2.24, 2.45) is 0 Å². The first-order chi connectivity index (χ1) is 10.9. The third-order valence-electron chi connectivity index (χ3n) is 3.91. The number of amides is 1. The van der Waals surface area contributed by atoms with E-state index in [0.717, 1.165) is 11.6 Å². The smallest absolute Gasteiger partial charge is 0.274 e. The van der Waals surface area contributed by atoms with Gasteiger partial charge in [0, 0.05) is 19.2 Å². The lowest BCUT2D eigenvalue weighted by Gasteiger charge is -2.34. The summed E-state index contributed by atoms with van der Waals surface area (Å²) in [7, 11) is 0. The van der Waals surface area contributed by atoms with Gasteiger partial charge in [0.05, 0.1) is 6.04 Å². The fourth-order valence-electron chi connectivity index (χ4n) is 2.82. The van der Waals surface area contributed by atoms with Crippen molar-refractivity contribution >= 4 is 5.91 Å². The predicted molar refractivity (Wildman–Crippen MR) is 79.9 cm³/mol. The maximum atomic E-state index is 13.0. The molecule has 2 heterocycles. The third-order valence-corrected chi connectivity index (χ3v) is 3.91. The Bertz CT molecular complexity index is 829. The Balaban J connectivity index is 2.00. The first-order valence-electron chi connectivity index (χ1n) is 7.09. The Morgan fingerprint density at radius 2 is 1.87 bits per heavy atom. The fraction of sp³-hybridized carbons (Fsp3) is 0.250. The van der Waals surface area contributed by atoms with Gasteiger partial charge in [-0.1, -0.05) is 12.1 Å². The molecule has 1 atom stereocenters. The minimum absolute atomic E-state index is 0.215. The molecule has 0 saturated carbocycles. The van der Waals surface area contributed by atoms with Crippen molar-refractivity contribution in [3.63, 3.8) is 0 Å². The maximum absolute atomic E-state index is 13.0. The van der Waals surface area contributed by atoms with Crippen LogP contribution < -0.4 is 5.56 Å². The van der Waals surface area contributed by atoms with Gasteiger partial charge < -0.3 is 15.1 Å². The van der Waals surface area contributed by atoms with E-state index in [2.05, 4.69) is 0 Å². The molecule has 1 unspecified atom stereocenters. The largest absolute Gasteiger partial charge is 0.504 e. The molecule has 1 amide bonds. The average Bonchev–Trinajstić information content (AvgIpc) is 2.50. The summed E-state index contributed by atoms with van der Waals surface area (Å²) in [5.74, 6) is -2.15. The number of hydrogen-bond acceptors (Lipinski definition) is 4. The van der Waals surface area contributed by atoms with E-state index in [1.807, 2.05) is 0 Å². The summed E-state index contributed by atoms with van der Waals surface area (Å²) in [6.07, 6.45) is 0. The summed E-state index contributed by atoms with van der Waals surface area (Å²) < 4.78 is 14.1. The van der Waals surface area contributed by atoms with E-state index in [1.165, 1.54) is 21.6 Å². The Labute approximate surface area is 131 Å². The standard InChI is InChI=1S/C16H15FN2O4/c1-9-7-18(8-10-2-4-11(17)5-3-10)16(23)14-15(22)12(20)6-13(21)19(9)14/h2-6,9,20,22H,7-8H2,1H3. The number of benzene rings is 1. The average molecular weight is 318 g/mol. The fourth-order valence-corrected chi connectivity index (χ4v) is 2.82. The number of fused-ring (bicyclic) bond motifs is 1. The van der Waals surface area contributed by atoms with Gasteiger partial charge in [0.15, 0.2) is 17.2 Å². The van der Waals surface area contributed by atoms with Crippen LogP contribution in [0.5, 0.6) is 11.5 Å². The van der Waals surface area contributed by atoms with Crippen molar-refractivity contribution in [1.29, 1.82) is 0 Å². The van der Waals surface area contributed by atoms with Gasteiger partial charge in [-0.15, -0.1) is 0 Å². The molecule has 1 aromatic carbocycles. The first kappa shape index (κ1) is 15.1. The topological polar surface area (TPSA) is 82.8 Å². The van der Waals surface area contributed by atoms with Gasteiger partial charge in [-0.05, 0) is 24.6 Å². The van der Waals surface area contributed by atoms with Gasteiger partial charge in [0.1, 0.15) is 5.82 Å². The third kappa shape index (κ3) is 2.54. The van der Waals surface area contributed by atoms with Crippen molar-refractivity contribution in [1.82, 2.24) is 9.47 Å². The molecule has 3 rings (SSSR count). The van der Waals surface area contributed by atoms with E-state index in [4.69, 9.17) is 0 Å². The summed E-state index contributed by atoms with van der Waals surface area (Å²) in [5, 5.41) is 19.6. The lowest BCUT2D eigenvalue weighted by Crippen LogP contribution is -2.45. The van der Waals surface area contributed by atoms with Crippen LogP contribution in [0.3, 0.4) is 0 Å². The van der Waals surface area contributed by atoms with E-state index < -0.39 is 23.0 Å². The zero-order valence-electron chi connectivity index (χ0n) is 12.4. The molecule has 0 bridgehead atoms. The number of carbonyl (C=O) groups excluding carboxylic acids is 1. The SMILES string of the molecule is CC1CN(Cc2ccc(F)cc2)C(=O)c2c(O)c(O)cc(=O)n21. The molecule has 1 aliphatic heterocycles. The van der Waals surface area contributed by atoms with Crippen LogP contribution in [0.4, 0.5) is 4.39 Å². The van der Waals surface area contributed by atoms with Crippen LogP contribution in [0, 0.1) is 5.82 Å². The van der Waals surface area contributed by atoms with Crippen LogP contribution in [-0.2, 0) is 6.54 Å². The number of hydrogen-bond donors (Lipinski definition) is 2. The summed E-state index contributed by atoms with van der Waals surface area (Å²) in [4.78, 5) is 26.0. The second-order valence-electron chi connectivity index (χ2n) is 5.60. The molecule has 23 heavy (non-hydrogen) atoms. The van der Waals surface area contributed by atoms with Gasteiger partial charge in [-0.25, -0.2) is 4.39 Å². The van der Waals surface area contributed by atoms with E-state index in [1.54, 1.807) is 19.1 Å². The first-order valence-corrected chi connectivity index (χ1v) is 7.09. The molecule has 0 fully saturated rings. The van der Waals surface area contributed by atoms with E-state index >= 15 is 0 Å². The van der Waals surface area contributed by atoms with Crippen molar-refractivity contribution in [2.75, 3.05) is 6.54 Å². The van der Waals surface area contributed by atoms with Crippen LogP contribution in [0.1, 0.15) is 29.0 Å². The number of pyridine rings is 1. The highest BCUT2D eigenvalue weighted by Gasteiger charge is 2.33. The second kappa shape index (κ2) is 5.42. The zero-order chi connectivity index (χ0) is 16.7. The van der Waals surface area contributed by atoms with Crippen molar-refractivity contribution in [3.8, 4) is 11.5 Å². The summed E-state index contributed by atoms with van der Waals surface area (Å²) in [6.45, 7) is 2.23. The van der Waals surface area contributed by atoms with Gasteiger partial charge >= 0.3 is 0 Å². The summed E-state index contributed by atoms with van der Waals surface area (Å²) in [5.41, 5.74) is -0.0455. The van der Waals surface area contributed by atoms with E-state index in [0.29, 0.717) is 0 Å². The van der Waals surface area contributed by atoms with Gasteiger partial charge in [0.25, 0.3) is 11.5 Å². The molecular formula is C16H15FN2O4. The summed E-state index contributed by atoms with van der Waals surface area (Å²) in [6, 6.07) is 6.26. The Kier molecular flexibility index (Phi) is 3.55. The highest BCUT2D eigenvalue weighted by atomic mass is 19.1. The van der Waals surface area contributed by atoms with Gasteiger partial charge in [-0.3, -0.25) is 14.2 Å². The van der Waals surface area contributed by atoms with Crippen molar-refractivity contribution in [2.45, 2.75) is 19.5 Å². The highest BCUT2D eigenvalue weighted by Crippen LogP contribution is 2.32. The molecule has 2 N–H and O–H groups in total. The number of carbonyl (C=O) groups is 1. The minimum atomic E-state index is -0.620. The number of halogens is 1. The van der Waals surface area contributed by atoms with Crippen LogP contribution in [0.15, 0.2) is 35.1 Å². The molecule has 7 heteroatoms. The monoisotopic (exact) mass is 318 g/mol. The zero-order valence-corrected chi connectivity index (χ0v) is 12.4. The molecule has 0 saturated heterocycles. The normalized spacial score (nSPS) is 17.2. The molecule has 0 radical (unpaired) electrons. The molecular weight excluding hydrogens is 303 g/mol. The molecule has 120 valence electrons. The Morgan fingerprint density at radius 1 is 1.22 bits per heavy atom. The maximum Gasteiger partial charge on any atom is 0.274 e. The molecule has 1 aliphatic rings. The number of aromatic hydroxyl groups is 2.